The van der Waals surface area contributed by atoms with Crippen molar-refractivity contribution >= 4 is 51.9 Å². The molecule has 2 N–H and O–H groups in total. The molecule has 0 saturated heterocycles. The second-order valence-corrected chi connectivity index (χ2v) is 6.50. The van der Waals surface area contributed by atoms with Crippen LogP contribution in [0.3, 0.4) is 0 Å². The molecule has 1 heterocycles. The summed E-state index contributed by atoms with van der Waals surface area (Å²) in [5.41, 5.74) is -1.74. The molecule has 0 atom stereocenters. The smallest absolute Gasteiger partial charge is 0.334 e. The van der Waals surface area contributed by atoms with E-state index in [-0.39, 0.29) is 15.9 Å². The molecule has 0 radical (unpaired) electrons. The molecular weight excluding hydrogens is 434 g/mol. The second kappa shape index (κ2) is 8.10. The highest BCUT2D eigenvalue weighted by Gasteiger charge is 2.34. The zero-order valence-corrected chi connectivity index (χ0v) is 15.7. The third-order valence-corrected chi connectivity index (χ3v) is 4.05. The maximum absolute atomic E-state index is 13.2. The van der Waals surface area contributed by atoms with Crippen molar-refractivity contribution in [3.63, 3.8) is 0 Å². The van der Waals surface area contributed by atoms with E-state index in [1.54, 1.807) is 0 Å². The monoisotopic (exact) mass is 443 g/mol. The Balaban J connectivity index is 2.04. The fourth-order valence-corrected chi connectivity index (χ4v) is 2.99. The van der Waals surface area contributed by atoms with Crippen LogP contribution in [0.1, 0.15) is 5.56 Å². The number of benzene rings is 2. The Kier molecular flexibility index (Phi) is 5.76. The Morgan fingerprint density at radius 2 is 1.55 bits per heavy atom. The molecule has 0 fully saturated rings. The normalized spacial score (nSPS) is 11.2. The Morgan fingerprint density at radius 1 is 0.966 bits per heavy atom. The van der Waals surface area contributed by atoms with E-state index in [1.807, 2.05) is 0 Å². The van der Waals surface area contributed by atoms with Crippen LogP contribution in [-0.4, -0.2) is 14.9 Å². The average molecular weight is 444 g/mol. The number of nitrogens with one attached hydrogen (secondary N) is 2. The summed E-state index contributed by atoms with van der Waals surface area (Å²) in [7, 11) is 0. The van der Waals surface area contributed by atoms with Crippen molar-refractivity contribution in [1.82, 2.24) is 9.97 Å². The highest BCUT2D eigenvalue weighted by molar-refractivity contribution is 6.35. The van der Waals surface area contributed by atoms with Gasteiger partial charge in [0.25, 0.3) is 0 Å². The van der Waals surface area contributed by atoms with Gasteiger partial charge in [0.15, 0.2) is 0 Å². The minimum atomic E-state index is -4.66. The molecule has 0 unspecified atom stereocenters. The third kappa shape index (κ3) is 4.84. The lowest BCUT2D eigenvalue weighted by Crippen LogP contribution is -2.10. The number of nitro groups is 1. The van der Waals surface area contributed by atoms with E-state index in [0.717, 1.165) is 18.5 Å². The van der Waals surface area contributed by atoms with Crippen LogP contribution < -0.4 is 10.6 Å². The lowest BCUT2D eigenvalue weighted by Gasteiger charge is -2.14. The fourth-order valence-electron chi connectivity index (χ4n) is 2.46. The molecule has 29 heavy (non-hydrogen) atoms. The highest BCUT2D eigenvalue weighted by atomic mass is 35.5. The molecular formula is C17H10Cl2F3N5O2. The zero-order chi connectivity index (χ0) is 21.2. The minimum Gasteiger partial charge on any atom is -0.334 e. The number of rotatable bonds is 5. The third-order valence-electron chi connectivity index (χ3n) is 3.62. The number of alkyl halides is 3. The van der Waals surface area contributed by atoms with E-state index in [1.165, 1.54) is 30.3 Å². The summed E-state index contributed by atoms with van der Waals surface area (Å²) in [5.74, 6) is -0.673. The number of aromatic nitrogens is 2. The van der Waals surface area contributed by atoms with Crippen molar-refractivity contribution < 1.29 is 18.1 Å². The second-order valence-electron chi connectivity index (χ2n) is 5.63. The van der Waals surface area contributed by atoms with Crippen molar-refractivity contribution in [2.24, 2.45) is 0 Å². The van der Waals surface area contributed by atoms with Crippen molar-refractivity contribution in [1.29, 1.82) is 0 Å². The fraction of sp³-hybridized carbons (Fsp3) is 0.0588. The van der Waals surface area contributed by atoms with Crippen molar-refractivity contribution in [3.8, 4) is 0 Å². The van der Waals surface area contributed by atoms with Gasteiger partial charge in [0.1, 0.15) is 6.33 Å². The molecule has 1 aromatic heterocycles. The van der Waals surface area contributed by atoms with E-state index >= 15 is 0 Å². The molecule has 0 aliphatic heterocycles. The number of hydrogen-bond donors (Lipinski definition) is 2. The van der Waals surface area contributed by atoms with Crippen LogP contribution in [0.15, 0.2) is 48.8 Å². The maximum Gasteiger partial charge on any atom is 0.418 e. The molecule has 7 nitrogen and oxygen atoms in total. The zero-order valence-electron chi connectivity index (χ0n) is 14.2. The van der Waals surface area contributed by atoms with Crippen molar-refractivity contribution in [2.75, 3.05) is 10.6 Å². The summed E-state index contributed by atoms with van der Waals surface area (Å²) in [6.07, 6.45) is -3.69. The van der Waals surface area contributed by atoms with Crippen LogP contribution in [0.4, 0.5) is 41.9 Å². The molecule has 0 aliphatic carbocycles. The predicted molar refractivity (Wildman–Crippen MR) is 103 cm³/mol. The first-order valence-corrected chi connectivity index (χ1v) is 8.56. The van der Waals surface area contributed by atoms with Crippen molar-refractivity contribution in [3.05, 3.63) is 74.5 Å². The Labute approximate surface area is 171 Å². The SMILES string of the molecule is O=[N+]([O-])c1c(Nc2cc(Cl)cc(Cl)c2)ncnc1Nc1ccccc1C(F)(F)F. The first-order chi connectivity index (χ1) is 13.6. The lowest BCUT2D eigenvalue weighted by molar-refractivity contribution is -0.383. The summed E-state index contributed by atoms with van der Waals surface area (Å²) < 4.78 is 39.6. The highest BCUT2D eigenvalue weighted by Crippen LogP contribution is 2.38. The standard InChI is InChI=1S/C17H10Cl2F3N5O2/c18-9-5-10(19)7-11(6-9)25-15-14(27(28)29)16(24-8-23-15)26-13-4-2-1-3-12(13)17(20,21)22/h1-8H,(H2,23,24,25,26). The van der Waals surface area contributed by atoms with Gasteiger partial charge in [0, 0.05) is 15.7 Å². The molecule has 0 bridgehead atoms. The molecule has 0 aliphatic rings. The molecule has 0 saturated carbocycles. The van der Waals surface area contributed by atoms with Crippen LogP contribution in [-0.2, 0) is 6.18 Å². The van der Waals surface area contributed by atoms with E-state index < -0.39 is 33.9 Å². The van der Waals surface area contributed by atoms with Gasteiger partial charge in [-0.3, -0.25) is 10.1 Å². The van der Waals surface area contributed by atoms with Gasteiger partial charge in [-0.15, -0.1) is 0 Å². The Hall–Kier alpha value is -3.11. The van der Waals surface area contributed by atoms with Crippen LogP contribution in [0, 0.1) is 10.1 Å². The van der Waals surface area contributed by atoms with E-state index in [2.05, 4.69) is 20.6 Å². The van der Waals surface area contributed by atoms with Gasteiger partial charge in [-0.05, 0) is 30.3 Å². The van der Waals surface area contributed by atoms with E-state index in [9.17, 15) is 23.3 Å². The first kappa shape index (κ1) is 20.6. The molecule has 0 amide bonds. The van der Waals surface area contributed by atoms with Gasteiger partial charge in [-0.2, -0.15) is 13.2 Å². The summed E-state index contributed by atoms with van der Waals surface area (Å²) in [6, 6.07) is 8.91. The van der Waals surface area contributed by atoms with Gasteiger partial charge in [0.05, 0.1) is 16.2 Å². The molecule has 0 spiro atoms. The summed E-state index contributed by atoms with van der Waals surface area (Å²) in [6.45, 7) is 0. The van der Waals surface area contributed by atoms with Crippen LogP contribution in [0.2, 0.25) is 10.0 Å². The number of para-hydroxylation sites is 1. The molecule has 150 valence electrons. The largest absolute Gasteiger partial charge is 0.418 e. The molecule has 2 aromatic carbocycles. The Bertz CT molecular complexity index is 1060. The van der Waals surface area contributed by atoms with E-state index in [4.69, 9.17) is 23.2 Å². The number of anilines is 4. The maximum atomic E-state index is 13.2. The average Bonchev–Trinajstić information content (AvgIpc) is 2.60. The van der Waals surface area contributed by atoms with Gasteiger partial charge in [0.2, 0.25) is 11.6 Å². The van der Waals surface area contributed by atoms with Gasteiger partial charge in [-0.25, -0.2) is 9.97 Å². The van der Waals surface area contributed by atoms with E-state index in [0.29, 0.717) is 5.69 Å². The summed E-state index contributed by atoms with van der Waals surface area (Å²) in [4.78, 5) is 18.3. The Morgan fingerprint density at radius 3 is 2.14 bits per heavy atom. The van der Waals surface area contributed by atoms with Gasteiger partial charge in [-0.1, -0.05) is 35.3 Å². The van der Waals surface area contributed by atoms with Crippen LogP contribution in [0.25, 0.3) is 0 Å². The minimum absolute atomic E-state index is 0.254. The number of nitrogens with zero attached hydrogens (tertiary/aromatic N) is 3. The first-order valence-electron chi connectivity index (χ1n) is 7.81. The predicted octanol–water partition coefficient (Wildman–Crippen LogP) is 6.20. The number of halogens is 5. The summed E-state index contributed by atoms with van der Waals surface area (Å²) in [5, 5.41) is 17.2. The molecule has 3 aromatic rings. The lowest BCUT2D eigenvalue weighted by atomic mass is 10.1. The number of hydrogen-bond acceptors (Lipinski definition) is 6. The quantitative estimate of drug-likeness (QED) is 0.360. The summed E-state index contributed by atoms with van der Waals surface area (Å²) >= 11 is 11.8. The van der Waals surface area contributed by atoms with Crippen LogP contribution >= 0.6 is 23.2 Å². The van der Waals surface area contributed by atoms with Crippen LogP contribution in [0.5, 0.6) is 0 Å². The molecule has 3 rings (SSSR count). The van der Waals surface area contributed by atoms with Crippen molar-refractivity contribution in [2.45, 2.75) is 6.18 Å². The van der Waals surface area contributed by atoms with Gasteiger partial charge >= 0.3 is 11.9 Å². The molecule has 12 heteroatoms. The topological polar surface area (TPSA) is 93.0 Å². The van der Waals surface area contributed by atoms with Gasteiger partial charge < -0.3 is 10.6 Å².